The fraction of sp³-hybridized carbons (Fsp3) is 0.700. The highest BCUT2D eigenvalue weighted by atomic mass is 79.9. The predicted octanol–water partition coefficient (Wildman–Crippen LogP) is 8.63. The number of allylic oxidation sites excluding steroid dienone is 1. The van der Waals surface area contributed by atoms with Gasteiger partial charge in [0, 0.05) is 9.78 Å². The Morgan fingerprint density at radius 2 is 1.65 bits per heavy atom. The van der Waals surface area contributed by atoms with Gasteiger partial charge in [0.2, 0.25) is 0 Å². The lowest BCUT2D eigenvalue weighted by Gasteiger charge is -2.21. The number of halogens is 1. The Balaban J connectivity index is 1.49. The van der Waals surface area contributed by atoms with E-state index in [-0.39, 0.29) is 3.66 Å². The maximum absolute atomic E-state index is 4.01. The molecule has 0 aromatic carbocycles. The highest BCUT2D eigenvalue weighted by molar-refractivity contribution is 9.12. The van der Waals surface area contributed by atoms with Gasteiger partial charge in [-0.3, -0.25) is 0 Å². The molecule has 1 aromatic heterocycles. The summed E-state index contributed by atoms with van der Waals surface area (Å²) in [7, 11) is 0. The standard InChI is InChI=1S/C20H31BrS2/c1-2-3-4-5-6-7-8-9-10-11-15-20(21)16-14-19(23-20)18-13-12-17-22-18/h12-14,17H,2-11,15-16H2,1H3. The van der Waals surface area contributed by atoms with Gasteiger partial charge in [-0.1, -0.05) is 99.2 Å². The zero-order chi connectivity index (χ0) is 16.4. The van der Waals surface area contributed by atoms with E-state index < -0.39 is 0 Å². The molecule has 0 spiro atoms. The molecule has 0 saturated carbocycles. The van der Waals surface area contributed by atoms with Gasteiger partial charge in [-0.05, 0) is 24.3 Å². The Bertz CT molecular complexity index is 452. The van der Waals surface area contributed by atoms with Crippen molar-refractivity contribution < 1.29 is 0 Å². The highest BCUT2D eigenvalue weighted by Gasteiger charge is 2.32. The number of rotatable bonds is 12. The summed E-state index contributed by atoms with van der Waals surface area (Å²) in [6.45, 7) is 2.29. The highest BCUT2D eigenvalue weighted by Crippen LogP contribution is 2.53. The summed E-state index contributed by atoms with van der Waals surface area (Å²) in [5.41, 5.74) is 0. The van der Waals surface area contributed by atoms with Crippen LogP contribution in [0.1, 0.15) is 88.9 Å². The van der Waals surface area contributed by atoms with Gasteiger partial charge in [-0.15, -0.1) is 23.1 Å². The Labute approximate surface area is 159 Å². The van der Waals surface area contributed by atoms with Crippen LogP contribution in [0.2, 0.25) is 0 Å². The van der Waals surface area contributed by atoms with Crippen LogP contribution in [-0.2, 0) is 0 Å². The molecule has 23 heavy (non-hydrogen) atoms. The minimum atomic E-state index is 0.270. The molecule has 3 heteroatoms. The molecule has 0 nitrogen and oxygen atoms in total. The Morgan fingerprint density at radius 1 is 1.00 bits per heavy atom. The van der Waals surface area contributed by atoms with Crippen LogP contribution in [-0.4, -0.2) is 3.66 Å². The molecule has 2 heterocycles. The van der Waals surface area contributed by atoms with Gasteiger partial charge < -0.3 is 0 Å². The number of hydrogen-bond acceptors (Lipinski definition) is 2. The van der Waals surface area contributed by atoms with Crippen molar-refractivity contribution in [1.82, 2.24) is 0 Å². The van der Waals surface area contributed by atoms with E-state index in [2.05, 4.69) is 46.4 Å². The van der Waals surface area contributed by atoms with Gasteiger partial charge in [0.25, 0.3) is 0 Å². The third-order valence-corrected chi connectivity index (χ3v) is 8.13. The monoisotopic (exact) mass is 414 g/mol. The first kappa shape index (κ1) is 19.6. The molecule has 0 aliphatic carbocycles. The molecular weight excluding hydrogens is 384 g/mol. The van der Waals surface area contributed by atoms with E-state index in [0.717, 1.165) is 0 Å². The average molecular weight is 416 g/mol. The second-order valence-corrected chi connectivity index (χ2v) is 11.1. The van der Waals surface area contributed by atoms with Crippen LogP contribution in [0.5, 0.6) is 0 Å². The molecule has 1 aliphatic rings. The summed E-state index contributed by atoms with van der Waals surface area (Å²) in [6, 6.07) is 4.39. The lowest BCUT2D eigenvalue weighted by Crippen LogP contribution is -2.10. The van der Waals surface area contributed by atoms with Crippen molar-refractivity contribution in [2.24, 2.45) is 0 Å². The van der Waals surface area contributed by atoms with Crippen LogP contribution in [0.4, 0.5) is 0 Å². The summed E-state index contributed by atoms with van der Waals surface area (Å²) in [4.78, 5) is 2.91. The number of thiophene rings is 1. The van der Waals surface area contributed by atoms with Gasteiger partial charge >= 0.3 is 0 Å². The smallest absolute Gasteiger partial charge is 0.0790 e. The van der Waals surface area contributed by atoms with E-state index in [1.165, 1.54) is 86.8 Å². The molecule has 2 rings (SSSR count). The number of alkyl halides is 1. The van der Waals surface area contributed by atoms with Crippen molar-refractivity contribution >= 4 is 43.9 Å². The predicted molar refractivity (Wildman–Crippen MR) is 113 cm³/mol. The van der Waals surface area contributed by atoms with E-state index >= 15 is 0 Å². The molecule has 1 atom stereocenters. The molecule has 130 valence electrons. The molecule has 0 bridgehead atoms. The zero-order valence-electron chi connectivity index (χ0n) is 14.5. The Morgan fingerprint density at radius 3 is 2.26 bits per heavy atom. The fourth-order valence-corrected chi connectivity index (χ4v) is 6.16. The normalized spacial score (nSPS) is 20.9. The van der Waals surface area contributed by atoms with Crippen molar-refractivity contribution in [1.29, 1.82) is 0 Å². The molecular formula is C20H31BrS2. The molecule has 0 amide bonds. The molecule has 0 N–H and O–H groups in total. The van der Waals surface area contributed by atoms with Gasteiger partial charge in [-0.2, -0.15) is 0 Å². The van der Waals surface area contributed by atoms with E-state index in [4.69, 9.17) is 0 Å². The second-order valence-electron chi connectivity index (χ2n) is 6.67. The van der Waals surface area contributed by atoms with Crippen molar-refractivity contribution in [2.75, 3.05) is 0 Å². The molecule has 1 aliphatic heterocycles. The van der Waals surface area contributed by atoms with Crippen LogP contribution in [0, 0.1) is 0 Å². The third kappa shape index (κ3) is 7.36. The summed E-state index contributed by atoms with van der Waals surface area (Å²) in [6.07, 6.45) is 19.1. The first-order valence-corrected chi connectivity index (χ1v) is 11.8. The molecule has 0 saturated heterocycles. The van der Waals surface area contributed by atoms with Gasteiger partial charge in [0.05, 0.1) is 3.66 Å². The summed E-state index contributed by atoms with van der Waals surface area (Å²) in [5, 5.41) is 2.17. The van der Waals surface area contributed by atoms with E-state index in [0.29, 0.717) is 0 Å². The van der Waals surface area contributed by atoms with Crippen LogP contribution in [0.25, 0.3) is 4.91 Å². The van der Waals surface area contributed by atoms with Gasteiger partial charge in [-0.25, -0.2) is 0 Å². The third-order valence-electron chi connectivity index (χ3n) is 4.55. The van der Waals surface area contributed by atoms with Crippen molar-refractivity contribution in [3.63, 3.8) is 0 Å². The average Bonchev–Trinajstić information content (AvgIpc) is 3.19. The zero-order valence-corrected chi connectivity index (χ0v) is 17.7. The second kappa shape index (κ2) is 11.0. The topological polar surface area (TPSA) is 0 Å². The van der Waals surface area contributed by atoms with Gasteiger partial charge in [0.15, 0.2) is 0 Å². The fourth-order valence-electron chi connectivity index (χ4n) is 3.12. The first-order valence-electron chi connectivity index (χ1n) is 9.35. The quantitative estimate of drug-likeness (QED) is 0.243. The molecule has 0 fully saturated rings. The maximum Gasteiger partial charge on any atom is 0.0790 e. The Hall–Kier alpha value is 0.270. The first-order chi connectivity index (χ1) is 11.2. The van der Waals surface area contributed by atoms with Crippen LogP contribution in [0.3, 0.4) is 0 Å². The summed E-state index contributed by atoms with van der Waals surface area (Å²) >= 11 is 7.90. The van der Waals surface area contributed by atoms with Crippen molar-refractivity contribution in [2.45, 2.75) is 87.6 Å². The number of unbranched alkanes of at least 4 members (excludes halogenated alkanes) is 9. The minimum absolute atomic E-state index is 0.270. The van der Waals surface area contributed by atoms with Crippen LogP contribution < -0.4 is 0 Å². The largest absolute Gasteiger partial charge is 0.143 e. The van der Waals surface area contributed by atoms with Crippen molar-refractivity contribution in [3.05, 3.63) is 28.5 Å². The van der Waals surface area contributed by atoms with Crippen LogP contribution >= 0.6 is 39.0 Å². The molecule has 1 aromatic rings. The van der Waals surface area contributed by atoms with Crippen molar-refractivity contribution in [3.8, 4) is 0 Å². The van der Waals surface area contributed by atoms with Crippen LogP contribution in [0.15, 0.2) is 23.6 Å². The molecule has 1 unspecified atom stereocenters. The van der Waals surface area contributed by atoms with E-state index in [1.807, 2.05) is 23.1 Å². The summed E-state index contributed by atoms with van der Waals surface area (Å²) in [5.74, 6) is 0. The lowest BCUT2D eigenvalue weighted by molar-refractivity contribution is 0.544. The molecule has 0 radical (unpaired) electrons. The van der Waals surface area contributed by atoms with E-state index in [1.54, 1.807) is 0 Å². The maximum atomic E-state index is 4.01. The lowest BCUT2D eigenvalue weighted by atomic mass is 10.0. The Kier molecular flexibility index (Phi) is 9.37. The van der Waals surface area contributed by atoms with Gasteiger partial charge in [0.1, 0.15) is 0 Å². The summed E-state index contributed by atoms with van der Waals surface area (Å²) < 4.78 is 0.270. The number of hydrogen-bond donors (Lipinski definition) is 0. The SMILES string of the molecule is CCCCCCCCCCCCC1(Br)CC=C(c2cccs2)S1. The van der Waals surface area contributed by atoms with E-state index in [9.17, 15) is 0 Å². The number of thioether (sulfide) groups is 1. The minimum Gasteiger partial charge on any atom is -0.143 e.